The third kappa shape index (κ3) is 5.10. The number of rotatable bonds is 5. The van der Waals surface area contributed by atoms with Crippen LogP contribution in [0, 0.1) is 0 Å². The predicted octanol–water partition coefficient (Wildman–Crippen LogP) is 11.5. The summed E-state index contributed by atoms with van der Waals surface area (Å²) in [5.74, 6) is 2.65. The van der Waals surface area contributed by atoms with Crippen molar-refractivity contribution >= 4 is 17.1 Å². The first-order chi connectivity index (χ1) is 27.7. The summed E-state index contributed by atoms with van der Waals surface area (Å²) in [7, 11) is 0. The standard InChI is InChI=1S/C52H37N3O/c1-3-14-34(15-4-1)46-33-47(35-16-5-2-6-17-35)55-51(54-46)40-21-12-20-38(31-40)36-18-11-19-37(30-36)39-27-28-41-42-22-13-29-53-50(42)52(45(41)32-39)43-23-7-9-25-48(43)56-49-26-10-8-24-44(49)52/h1-28,30-33,46,53H,29H2,(H,54,55). The number of aliphatic imine (C=N–C) groups is 1. The molecule has 4 aliphatic rings. The van der Waals surface area contributed by atoms with E-state index in [4.69, 9.17) is 9.73 Å². The van der Waals surface area contributed by atoms with Gasteiger partial charge in [-0.05, 0) is 80.9 Å². The molecule has 0 amide bonds. The van der Waals surface area contributed by atoms with Crippen LogP contribution in [0.4, 0.5) is 0 Å². The Morgan fingerprint density at radius 1 is 0.536 bits per heavy atom. The Morgan fingerprint density at radius 2 is 1.12 bits per heavy atom. The summed E-state index contributed by atoms with van der Waals surface area (Å²) >= 11 is 0. The second-order valence-electron chi connectivity index (χ2n) is 14.7. The van der Waals surface area contributed by atoms with Gasteiger partial charge < -0.3 is 15.4 Å². The molecule has 0 fully saturated rings. The number of hydrogen-bond acceptors (Lipinski definition) is 4. The average molecular weight is 720 g/mol. The summed E-state index contributed by atoms with van der Waals surface area (Å²) in [6.45, 7) is 0.784. The van der Waals surface area contributed by atoms with Crippen molar-refractivity contribution in [1.29, 1.82) is 0 Å². The molecule has 1 unspecified atom stereocenters. The Kier molecular flexibility index (Phi) is 7.49. The molecule has 7 aromatic carbocycles. The number of dihydropyridines is 1. The fourth-order valence-electron chi connectivity index (χ4n) is 9.05. The van der Waals surface area contributed by atoms with Crippen molar-refractivity contribution in [3.63, 3.8) is 0 Å². The highest BCUT2D eigenvalue weighted by molar-refractivity contribution is 6.04. The topological polar surface area (TPSA) is 45.6 Å². The van der Waals surface area contributed by atoms with Gasteiger partial charge >= 0.3 is 0 Å². The molecule has 0 radical (unpaired) electrons. The molecule has 1 spiro atoms. The molecule has 4 nitrogen and oxygen atoms in total. The molecule has 1 aliphatic carbocycles. The first kappa shape index (κ1) is 32.3. The quantitative estimate of drug-likeness (QED) is 0.186. The Morgan fingerprint density at radius 3 is 1.84 bits per heavy atom. The molecule has 4 heteroatoms. The summed E-state index contributed by atoms with van der Waals surface area (Å²) < 4.78 is 6.56. The maximum absolute atomic E-state index is 6.56. The number of fused-ring (bicyclic) bond motifs is 8. The lowest BCUT2D eigenvalue weighted by Gasteiger charge is -2.41. The van der Waals surface area contributed by atoms with Gasteiger partial charge in [0, 0.05) is 34.5 Å². The maximum atomic E-state index is 6.56. The highest BCUT2D eigenvalue weighted by atomic mass is 16.5. The molecule has 11 rings (SSSR count). The molecular formula is C52H37N3O. The Hall–Kier alpha value is -7.17. The van der Waals surface area contributed by atoms with Gasteiger partial charge in [0.05, 0.1) is 17.2 Å². The van der Waals surface area contributed by atoms with E-state index in [1.54, 1.807) is 0 Å². The van der Waals surface area contributed by atoms with E-state index >= 15 is 0 Å². The summed E-state index contributed by atoms with van der Waals surface area (Å²) in [5, 5.41) is 7.58. The van der Waals surface area contributed by atoms with Crippen molar-refractivity contribution < 1.29 is 4.74 Å². The number of amidine groups is 1. The lowest BCUT2D eigenvalue weighted by molar-refractivity contribution is 0.429. The van der Waals surface area contributed by atoms with Gasteiger partial charge in [0.15, 0.2) is 0 Å². The molecular weight excluding hydrogens is 683 g/mol. The van der Waals surface area contributed by atoms with Crippen LogP contribution < -0.4 is 15.4 Å². The highest BCUT2D eigenvalue weighted by Gasteiger charge is 2.52. The Bertz CT molecular complexity index is 2770. The SMILES string of the molecule is C1=CC2=C(NC1)C1(c3ccccc3Oc3ccccc31)c1cc(-c3cccc(-c4cccc(C5=NC(c6ccccc6)=CC(c6ccccc6)N5)c4)c3)ccc12. The fourth-order valence-corrected chi connectivity index (χ4v) is 9.05. The summed E-state index contributed by atoms with van der Waals surface area (Å²) in [5.41, 5.74) is 15.7. The summed E-state index contributed by atoms with van der Waals surface area (Å²) in [6.07, 6.45) is 6.73. The molecule has 0 saturated heterocycles. The van der Waals surface area contributed by atoms with E-state index in [1.807, 2.05) is 6.07 Å². The van der Waals surface area contributed by atoms with Crippen molar-refractivity contribution in [2.45, 2.75) is 11.5 Å². The molecule has 7 aromatic rings. The number of nitrogens with one attached hydrogen (secondary N) is 2. The third-order valence-electron chi connectivity index (χ3n) is 11.6. The minimum Gasteiger partial charge on any atom is -0.457 e. The van der Waals surface area contributed by atoms with Crippen LogP contribution >= 0.6 is 0 Å². The van der Waals surface area contributed by atoms with Crippen LogP contribution in [0.5, 0.6) is 11.5 Å². The van der Waals surface area contributed by atoms with Crippen LogP contribution in [0.1, 0.15) is 45.0 Å². The second kappa shape index (κ2) is 13.0. The van der Waals surface area contributed by atoms with E-state index in [2.05, 4.69) is 199 Å². The van der Waals surface area contributed by atoms with Crippen molar-refractivity contribution in [3.8, 4) is 33.8 Å². The highest BCUT2D eigenvalue weighted by Crippen LogP contribution is 2.61. The molecule has 3 heterocycles. The lowest BCUT2D eigenvalue weighted by Crippen LogP contribution is -2.39. The molecule has 2 N–H and O–H groups in total. The minimum atomic E-state index is -0.527. The van der Waals surface area contributed by atoms with Crippen LogP contribution in [-0.4, -0.2) is 12.4 Å². The Balaban J connectivity index is 1.000. The van der Waals surface area contributed by atoms with Gasteiger partial charge in [-0.2, -0.15) is 0 Å². The zero-order valence-corrected chi connectivity index (χ0v) is 30.6. The number of benzene rings is 7. The van der Waals surface area contributed by atoms with Crippen LogP contribution in [0.15, 0.2) is 205 Å². The van der Waals surface area contributed by atoms with Crippen molar-refractivity contribution in [1.82, 2.24) is 10.6 Å². The van der Waals surface area contributed by atoms with Crippen molar-refractivity contribution in [2.75, 3.05) is 6.54 Å². The van der Waals surface area contributed by atoms with Crippen molar-refractivity contribution in [2.24, 2.45) is 4.99 Å². The van der Waals surface area contributed by atoms with Gasteiger partial charge in [-0.3, -0.25) is 0 Å². The molecule has 0 saturated carbocycles. The smallest absolute Gasteiger partial charge is 0.134 e. The van der Waals surface area contributed by atoms with Crippen LogP contribution in [0.3, 0.4) is 0 Å². The van der Waals surface area contributed by atoms with Crippen molar-refractivity contribution in [3.05, 3.63) is 239 Å². The number of para-hydroxylation sites is 2. The number of hydrogen-bond donors (Lipinski definition) is 2. The Labute approximate surface area is 326 Å². The minimum absolute atomic E-state index is 0.00509. The van der Waals surface area contributed by atoms with E-state index in [0.717, 1.165) is 63.0 Å². The fraction of sp³-hybridized carbons (Fsp3) is 0.0577. The van der Waals surface area contributed by atoms with Gasteiger partial charge in [-0.15, -0.1) is 0 Å². The zero-order chi connectivity index (χ0) is 37.1. The van der Waals surface area contributed by atoms with Crippen LogP contribution in [0.25, 0.3) is 33.5 Å². The first-order valence-electron chi connectivity index (χ1n) is 19.3. The first-order valence-corrected chi connectivity index (χ1v) is 19.3. The maximum Gasteiger partial charge on any atom is 0.134 e. The van der Waals surface area contributed by atoms with E-state index in [0.29, 0.717) is 0 Å². The van der Waals surface area contributed by atoms with E-state index < -0.39 is 5.41 Å². The average Bonchev–Trinajstić information content (AvgIpc) is 3.57. The van der Waals surface area contributed by atoms with Gasteiger partial charge in [0.2, 0.25) is 0 Å². The monoisotopic (exact) mass is 719 g/mol. The molecule has 1 atom stereocenters. The summed E-state index contributed by atoms with van der Waals surface area (Å²) in [4.78, 5) is 5.18. The third-order valence-corrected chi connectivity index (χ3v) is 11.6. The normalized spacial score (nSPS) is 17.0. The molecule has 3 aliphatic heterocycles. The van der Waals surface area contributed by atoms with E-state index in [-0.39, 0.29) is 6.04 Å². The lowest BCUT2D eigenvalue weighted by atomic mass is 9.67. The second-order valence-corrected chi connectivity index (χ2v) is 14.7. The van der Waals surface area contributed by atoms with Gasteiger partial charge in [0.1, 0.15) is 17.3 Å². The largest absolute Gasteiger partial charge is 0.457 e. The summed E-state index contributed by atoms with van der Waals surface area (Å²) in [6, 6.07) is 62.7. The van der Waals surface area contributed by atoms with Gasteiger partial charge in [-0.25, -0.2) is 4.99 Å². The molecule has 266 valence electrons. The van der Waals surface area contributed by atoms with Gasteiger partial charge in [0.25, 0.3) is 0 Å². The molecule has 0 bridgehead atoms. The molecule has 0 aromatic heterocycles. The van der Waals surface area contributed by atoms with Gasteiger partial charge in [-0.1, -0.05) is 158 Å². The molecule has 56 heavy (non-hydrogen) atoms. The zero-order valence-electron chi connectivity index (χ0n) is 30.6. The number of ether oxygens (including phenoxy) is 1. The van der Waals surface area contributed by atoms with Crippen LogP contribution in [0.2, 0.25) is 0 Å². The van der Waals surface area contributed by atoms with E-state index in [9.17, 15) is 0 Å². The number of nitrogens with zero attached hydrogens (tertiary/aromatic N) is 1. The van der Waals surface area contributed by atoms with Crippen LogP contribution in [-0.2, 0) is 5.41 Å². The number of allylic oxidation sites excluding steroid dienone is 3. The van der Waals surface area contributed by atoms with E-state index in [1.165, 1.54) is 39.1 Å². The predicted molar refractivity (Wildman–Crippen MR) is 227 cm³/mol.